The Morgan fingerprint density at radius 1 is 1.38 bits per heavy atom. The van der Waals surface area contributed by atoms with Gasteiger partial charge in [-0.1, -0.05) is 0 Å². The molecule has 0 saturated carbocycles. The first-order chi connectivity index (χ1) is 9.88. The van der Waals surface area contributed by atoms with Gasteiger partial charge in [0.2, 0.25) is 0 Å². The number of rotatable bonds is 5. The largest absolute Gasteiger partial charge is 0.454 e. The van der Waals surface area contributed by atoms with E-state index in [-0.39, 0.29) is 23.1 Å². The molecule has 0 amide bonds. The van der Waals surface area contributed by atoms with Gasteiger partial charge in [-0.2, -0.15) is 5.10 Å². The van der Waals surface area contributed by atoms with Crippen molar-refractivity contribution in [3.05, 3.63) is 46.3 Å². The molecule has 21 heavy (non-hydrogen) atoms. The molecular formula is C14H15N3O4. The van der Waals surface area contributed by atoms with Gasteiger partial charge in [0, 0.05) is 12.1 Å². The van der Waals surface area contributed by atoms with E-state index < -0.39 is 4.92 Å². The summed E-state index contributed by atoms with van der Waals surface area (Å²) < 4.78 is 7.31. The van der Waals surface area contributed by atoms with Gasteiger partial charge in [-0.25, -0.2) is 0 Å². The smallest absolute Gasteiger partial charge is 0.280 e. The second-order valence-electron chi connectivity index (χ2n) is 4.84. The lowest BCUT2D eigenvalue weighted by molar-refractivity contribution is -0.385. The third kappa shape index (κ3) is 3.25. The Hall–Kier alpha value is -2.70. The molecule has 7 nitrogen and oxygen atoms in total. The number of benzene rings is 1. The molecule has 0 radical (unpaired) electrons. The van der Waals surface area contributed by atoms with Gasteiger partial charge >= 0.3 is 0 Å². The first kappa shape index (κ1) is 14.7. The number of hydrogen-bond donors (Lipinski definition) is 0. The molecule has 0 unspecified atom stereocenters. The molecule has 0 N–H and O–H groups in total. The number of nitrogens with zero attached hydrogens (tertiary/aromatic N) is 3. The maximum atomic E-state index is 11.5. The van der Waals surface area contributed by atoms with Crippen molar-refractivity contribution >= 4 is 11.5 Å². The molecule has 0 aliphatic carbocycles. The van der Waals surface area contributed by atoms with Crippen LogP contribution in [0.4, 0.5) is 5.69 Å². The Balaban J connectivity index is 2.30. The highest BCUT2D eigenvalue weighted by molar-refractivity contribution is 5.98. The number of ether oxygens (including phenoxy) is 1. The summed E-state index contributed by atoms with van der Waals surface area (Å²) in [5.41, 5.74) is -0.207. The molecule has 0 fully saturated rings. The normalized spacial score (nSPS) is 10.7. The van der Waals surface area contributed by atoms with Crippen molar-refractivity contribution in [3.63, 3.8) is 0 Å². The summed E-state index contributed by atoms with van der Waals surface area (Å²) in [7, 11) is 0. The van der Waals surface area contributed by atoms with Crippen molar-refractivity contribution in [2.45, 2.75) is 26.8 Å². The van der Waals surface area contributed by atoms with Crippen LogP contribution < -0.4 is 4.74 Å². The van der Waals surface area contributed by atoms with Crippen LogP contribution in [0.5, 0.6) is 11.5 Å². The molecule has 0 bridgehead atoms. The molecular weight excluding hydrogens is 274 g/mol. The van der Waals surface area contributed by atoms with E-state index in [1.165, 1.54) is 25.1 Å². The van der Waals surface area contributed by atoms with Crippen molar-refractivity contribution in [3.8, 4) is 11.5 Å². The minimum atomic E-state index is -0.586. The number of nitro benzene ring substituents is 1. The van der Waals surface area contributed by atoms with Crippen LogP contribution in [0.2, 0.25) is 0 Å². The van der Waals surface area contributed by atoms with E-state index in [1.54, 1.807) is 17.1 Å². The lowest BCUT2D eigenvalue weighted by Gasteiger charge is -2.06. The standard InChI is InChI=1S/C14H15N3O4/c1-9(2)16-8-12(7-15-16)21-11-4-5-14(17(19)20)13(6-11)10(3)18/h4-9H,1-3H3. The van der Waals surface area contributed by atoms with Crippen molar-refractivity contribution in [2.24, 2.45) is 0 Å². The summed E-state index contributed by atoms with van der Waals surface area (Å²) in [5.74, 6) is 0.478. The molecule has 0 aliphatic rings. The van der Waals surface area contributed by atoms with Gasteiger partial charge < -0.3 is 4.74 Å². The quantitative estimate of drug-likeness (QED) is 0.478. The van der Waals surface area contributed by atoms with E-state index in [0.29, 0.717) is 11.5 Å². The third-order valence-corrected chi connectivity index (χ3v) is 2.89. The first-order valence-corrected chi connectivity index (χ1v) is 6.40. The molecule has 2 rings (SSSR count). The van der Waals surface area contributed by atoms with Crippen LogP contribution in [0.1, 0.15) is 37.2 Å². The molecule has 1 heterocycles. The van der Waals surface area contributed by atoms with E-state index in [9.17, 15) is 14.9 Å². The topological polar surface area (TPSA) is 87.3 Å². The Bertz CT molecular complexity index is 691. The Labute approximate surface area is 121 Å². The minimum Gasteiger partial charge on any atom is -0.454 e. The second-order valence-corrected chi connectivity index (χ2v) is 4.84. The fourth-order valence-electron chi connectivity index (χ4n) is 1.81. The van der Waals surface area contributed by atoms with Crippen LogP contribution in [0.3, 0.4) is 0 Å². The third-order valence-electron chi connectivity index (χ3n) is 2.89. The summed E-state index contributed by atoms with van der Waals surface area (Å²) in [6, 6.07) is 4.29. The number of aromatic nitrogens is 2. The van der Waals surface area contributed by atoms with Gasteiger partial charge in [0.15, 0.2) is 11.5 Å². The molecule has 1 aromatic heterocycles. The molecule has 2 aromatic rings. The molecule has 0 aliphatic heterocycles. The van der Waals surface area contributed by atoms with E-state index in [2.05, 4.69) is 5.10 Å². The number of carbonyl (C=O) groups excluding carboxylic acids is 1. The van der Waals surface area contributed by atoms with Gasteiger partial charge in [-0.15, -0.1) is 0 Å². The predicted octanol–water partition coefficient (Wildman–Crippen LogP) is 3.37. The van der Waals surface area contributed by atoms with Crippen molar-refractivity contribution in [1.29, 1.82) is 0 Å². The number of carbonyl (C=O) groups is 1. The summed E-state index contributed by atoms with van der Waals surface area (Å²) in [6.07, 6.45) is 3.27. The molecule has 0 spiro atoms. The lowest BCUT2D eigenvalue weighted by Crippen LogP contribution is -2.00. The lowest BCUT2D eigenvalue weighted by atomic mass is 10.1. The van der Waals surface area contributed by atoms with E-state index in [0.717, 1.165) is 0 Å². The van der Waals surface area contributed by atoms with Crippen LogP contribution in [-0.4, -0.2) is 20.5 Å². The number of ketones is 1. The van der Waals surface area contributed by atoms with E-state index in [4.69, 9.17) is 4.74 Å². The number of hydrogen-bond acceptors (Lipinski definition) is 5. The van der Waals surface area contributed by atoms with Crippen LogP contribution in [0.25, 0.3) is 0 Å². The van der Waals surface area contributed by atoms with Crippen LogP contribution in [0, 0.1) is 10.1 Å². The maximum absolute atomic E-state index is 11.5. The minimum absolute atomic E-state index is 0.0220. The monoisotopic (exact) mass is 289 g/mol. The molecule has 0 atom stereocenters. The van der Waals surface area contributed by atoms with Gasteiger partial charge in [-0.3, -0.25) is 19.6 Å². The SMILES string of the molecule is CC(=O)c1cc(Oc2cnn(C(C)C)c2)ccc1[N+](=O)[O-]. The summed E-state index contributed by atoms with van der Waals surface area (Å²) in [4.78, 5) is 21.8. The van der Waals surface area contributed by atoms with Gasteiger partial charge in [0.25, 0.3) is 5.69 Å². The maximum Gasteiger partial charge on any atom is 0.280 e. The van der Waals surface area contributed by atoms with Gasteiger partial charge in [-0.05, 0) is 32.9 Å². The summed E-state index contributed by atoms with van der Waals surface area (Å²) in [6.45, 7) is 5.25. The Kier molecular flexibility index (Phi) is 4.02. The zero-order valence-electron chi connectivity index (χ0n) is 11.9. The highest BCUT2D eigenvalue weighted by atomic mass is 16.6. The molecule has 7 heteroatoms. The van der Waals surface area contributed by atoms with Crippen LogP contribution in [0.15, 0.2) is 30.6 Å². The molecule has 1 aromatic carbocycles. The van der Waals surface area contributed by atoms with E-state index >= 15 is 0 Å². The molecule has 110 valence electrons. The van der Waals surface area contributed by atoms with E-state index in [1.807, 2.05) is 13.8 Å². The summed E-state index contributed by atoms with van der Waals surface area (Å²) >= 11 is 0. The average Bonchev–Trinajstić information content (AvgIpc) is 2.87. The number of Topliss-reactive ketones (excluding diaryl/α,β-unsaturated/α-hetero) is 1. The summed E-state index contributed by atoms with van der Waals surface area (Å²) in [5, 5.41) is 15.0. The molecule has 0 saturated heterocycles. The Morgan fingerprint density at radius 2 is 2.10 bits per heavy atom. The van der Waals surface area contributed by atoms with Crippen LogP contribution in [-0.2, 0) is 0 Å². The highest BCUT2D eigenvalue weighted by Crippen LogP contribution is 2.28. The first-order valence-electron chi connectivity index (χ1n) is 6.40. The average molecular weight is 289 g/mol. The van der Waals surface area contributed by atoms with Crippen molar-refractivity contribution < 1.29 is 14.5 Å². The van der Waals surface area contributed by atoms with Crippen LogP contribution >= 0.6 is 0 Å². The fourth-order valence-corrected chi connectivity index (χ4v) is 1.81. The van der Waals surface area contributed by atoms with Gasteiger partial charge in [0.05, 0.1) is 22.9 Å². The fraction of sp³-hybridized carbons (Fsp3) is 0.286. The Morgan fingerprint density at radius 3 is 2.62 bits per heavy atom. The van der Waals surface area contributed by atoms with Crippen molar-refractivity contribution in [2.75, 3.05) is 0 Å². The van der Waals surface area contributed by atoms with Gasteiger partial charge in [0.1, 0.15) is 5.75 Å². The zero-order valence-corrected chi connectivity index (χ0v) is 11.9. The van der Waals surface area contributed by atoms with Crippen molar-refractivity contribution in [1.82, 2.24) is 9.78 Å². The second kappa shape index (κ2) is 5.74. The highest BCUT2D eigenvalue weighted by Gasteiger charge is 2.18. The predicted molar refractivity (Wildman–Crippen MR) is 75.8 cm³/mol. The zero-order chi connectivity index (χ0) is 15.6. The number of nitro groups is 1.